The van der Waals surface area contributed by atoms with Gasteiger partial charge in [0.25, 0.3) is 0 Å². The van der Waals surface area contributed by atoms with E-state index in [-0.39, 0.29) is 6.04 Å². The van der Waals surface area contributed by atoms with Crippen LogP contribution < -0.4 is 5.32 Å². The van der Waals surface area contributed by atoms with Crippen LogP contribution in [0.15, 0.2) is 17.0 Å². The third-order valence-corrected chi connectivity index (χ3v) is 2.83. The third kappa shape index (κ3) is 3.25. The SMILES string of the molecule is CCCc1nc(Br)cc(NC(C)c2ncn[nH]2)n1. The molecule has 0 aromatic carbocycles. The first-order valence-corrected chi connectivity index (χ1v) is 6.63. The Morgan fingerprint density at radius 2 is 2.28 bits per heavy atom. The van der Waals surface area contributed by atoms with Gasteiger partial charge in [-0.3, -0.25) is 5.10 Å². The molecule has 0 saturated carbocycles. The molecule has 96 valence electrons. The van der Waals surface area contributed by atoms with Gasteiger partial charge in [-0.15, -0.1) is 0 Å². The van der Waals surface area contributed by atoms with Crippen LogP contribution in [-0.4, -0.2) is 25.1 Å². The lowest BCUT2D eigenvalue weighted by atomic mass is 10.3. The molecule has 0 radical (unpaired) electrons. The summed E-state index contributed by atoms with van der Waals surface area (Å²) in [5.41, 5.74) is 0. The van der Waals surface area contributed by atoms with Crippen molar-refractivity contribution in [2.45, 2.75) is 32.7 Å². The fourth-order valence-corrected chi connectivity index (χ4v) is 2.01. The van der Waals surface area contributed by atoms with Crippen molar-refractivity contribution < 1.29 is 0 Å². The highest BCUT2D eigenvalue weighted by molar-refractivity contribution is 9.10. The van der Waals surface area contributed by atoms with Crippen LogP contribution in [0, 0.1) is 0 Å². The van der Waals surface area contributed by atoms with Gasteiger partial charge < -0.3 is 5.32 Å². The van der Waals surface area contributed by atoms with Crippen LogP contribution in [0.3, 0.4) is 0 Å². The first-order valence-electron chi connectivity index (χ1n) is 5.84. The Labute approximate surface area is 114 Å². The normalized spacial score (nSPS) is 12.4. The second-order valence-electron chi connectivity index (χ2n) is 3.98. The number of nitrogens with one attached hydrogen (secondary N) is 2. The predicted octanol–water partition coefficient (Wildman–Crippen LogP) is 2.48. The van der Waals surface area contributed by atoms with Gasteiger partial charge in [-0.2, -0.15) is 5.10 Å². The molecule has 2 aromatic rings. The summed E-state index contributed by atoms with van der Waals surface area (Å²) < 4.78 is 0.785. The van der Waals surface area contributed by atoms with Gasteiger partial charge >= 0.3 is 0 Å². The molecule has 18 heavy (non-hydrogen) atoms. The lowest BCUT2D eigenvalue weighted by Crippen LogP contribution is -2.11. The summed E-state index contributed by atoms with van der Waals surface area (Å²) >= 11 is 3.39. The second-order valence-corrected chi connectivity index (χ2v) is 4.79. The van der Waals surface area contributed by atoms with Crippen molar-refractivity contribution >= 4 is 21.7 Å². The Morgan fingerprint density at radius 3 is 2.94 bits per heavy atom. The third-order valence-electron chi connectivity index (χ3n) is 2.42. The highest BCUT2D eigenvalue weighted by Crippen LogP contribution is 2.17. The number of hydrogen-bond acceptors (Lipinski definition) is 5. The van der Waals surface area contributed by atoms with Crippen LogP contribution in [0.5, 0.6) is 0 Å². The first-order chi connectivity index (χ1) is 8.69. The van der Waals surface area contributed by atoms with Crippen molar-refractivity contribution in [3.05, 3.63) is 28.6 Å². The molecule has 1 unspecified atom stereocenters. The van der Waals surface area contributed by atoms with Crippen molar-refractivity contribution in [1.82, 2.24) is 25.1 Å². The van der Waals surface area contributed by atoms with Crippen molar-refractivity contribution in [1.29, 1.82) is 0 Å². The molecule has 2 heterocycles. The molecule has 0 fully saturated rings. The van der Waals surface area contributed by atoms with Crippen LogP contribution in [-0.2, 0) is 6.42 Å². The van der Waals surface area contributed by atoms with E-state index in [2.05, 4.69) is 53.3 Å². The molecule has 2 rings (SSSR count). The number of nitrogens with zero attached hydrogens (tertiary/aromatic N) is 4. The second kappa shape index (κ2) is 5.90. The Morgan fingerprint density at radius 1 is 1.44 bits per heavy atom. The summed E-state index contributed by atoms with van der Waals surface area (Å²) in [5.74, 6) is 2.39. The zero-order valence-corrected chi connectivity index (χ0v) is 11.9. The van der Waals surface area contributed by atoms with E-state index in [1.54, 1.807) is 0 Å². The molecule has 2 aromatic heterocycles. The van der Waals surface area contributed by atoms with Gasteiger partial charge in [0.15, 0.2) is 0 Å². The molecule has 1 atom stereocenters. The van der Waals surface area contributed by atoms with Crippen LogP contribution in [0.4, 0.5) is 5.82 Å². The molecule has 2 N–H and O–H groups in total. The number of halogens is 1. The highest BCUT2D eigenvalue weighted by atomic mass is 79.9. The van der Waals surface area contributed by atoms with Crippen LogP contribution in [0.25, 0.3) is 0 Å². The van der Waals surface area contributed by atoms with Gasteiger partial charge in [-0.25, -0.2) is 15.0 Å². The summed E-state index contributed by atoms with van der Waals surface area (Å²) in [6.45, 7) is 4.10. The molecule has 0 aliphatic rings. The standard InChI is InChI=1S/C11H15BrN6/c1-3-4-9-16-8(12)5-10(17-9)15-7(2)11-13-6-14-18-11/h5-7H,3-4H2,1-2H3,(H,13,14,18)(H,15,16,17). The van der Waals surface area contributed by atoms with Gasteiger partial charge in [0.05, 0.1) is 6.04 Å². The lowest BCUT2D eigenvalue weighted by molar-refractivity contribution is 0.777. The summed E-state index contributed by atoms with van der Waals surface area (Å²) in [4.78, 5) is 12.9. The van der Waals surface area contributed by atoms with Crippen molar-refractivity contribution in [2.24, 2.45) is 0 Å². The number of rotatable bonds is 5. The van der Waals surface area contributed by atoms with Crippen LogP contribution in [0.1, 0.15) is 38.0 Å². The van der Waals surface area contributed by atoms with E-state index < -0.39 is 0 Å². The van der Waals surface area contributed by atoms with Gasteiger partial charge in [-0.05, 0) is 29.3 Å². The van der Waals surface area contributed by atoms with Gasteiger partial charge in [0.1, 0.15) is 28.4 Å². The largest absolute Gasteiger partial charge is 0.360 e. The van der Waals surface area contributed by atoms with E-state index in [0.717, 1.165) is 34.9 Å². The van der Waals surface area contributed by atoms with E-state index in [1.807, 2.05) is 13.0 Å². The minimum Gasteiger partial charge on any atom is -0.360 e. The number of aryl methyl sites for hydroxylation is 1. The van der Waals surface area contributed by atoms with Gasteiger partial charge in [0, 0.05) is 12.5 Å². The maximum Gasteiger partial charge on any atom is 0.146 e. The Balaban J connectivity index is 2.13. The lowest BCUT2D eigenvalue weighted by Gasteiger charge is -2.12. The van der Waals surface area contributed by atoms with Crippen molar-refractivity contribution in [3.63, 3.8) is 0 Å². The number of anilines is 1. The molecule has 0 aliphatic heterocycles. The Kier molecular flexibility index (Phi) is 4.24. The van der Waals surface area contributed by atoms with Gasteiger partial charge in [0.2, 0.25) is 0 Å². The minimum absolute atomic E-state index is 0.0174. The minimum atomic E-state index is 0.0174. The molecule has 6 nitrogen and oxygen atoms in total. The quantitative estimate of drug-likeness (QED) is 0.829. The summed E-state index contributed by atoms with van der Waals surface area (Å²) in [6, 6.07) is 1.87. The Bertz CT molecular complexity index is 498. The summed E-state index contributed by atoms with van der Waals surface area (Å²) in [5, 5.41) is 9.93. The zero-order chi connectivity index (χ0) is 13.0. The topological polar surface area (TPSA) is 79.4 Å². The number of hydrogen-bond donors (Lipinski definition) is 2. The maximum atomic E-state index is 4.46. The van der Waals surface area contributed by atoms with E-state index in [9.17, 15) is 0 Å². The van der Waals surface area contributed by atoms with E-state index in [1.165, 1.54) is 6.33 Å². The number of aromatic nitrogens is 5. The maximum absolute atomic E-state index is 4.46. The Hall–Kier alpha value is -1.50. The van der Waals surface area contributed by atoms with E-state index in [4.69, 9.17) is 0 Å². The first kappa shape index (κ1) is 12.9. The van der Waals surface area contributed by atoms with Crippen LogP contribution in [0.2, 0.25) is 0 Å². The summed E-state index contributed by atoms with van der Waals surface area (Å²) in [6.07, 6.45) is 3.38. The molecule has 0 bridgehead atoms. The highest BCUT2D eigenvalue weighted by Gasteiger charge is 2.10. The van der Waals surface area contributed by atoms with Crippen LogP contribution >= 0.6 is 15.9 Å². The fraction of sp³-hybridized carbons (Fsp3) is 0.455. The fourth-order valence-electron chi connectivity index (χ4n) is 1.59. The number of aromatic amines is 1. The zero-order valence-electron chi connectivity index (χ0n) is 10.3. The molecule has 0 spiro atoms. The molecule has 0 amide bonds. The number of H-pyrrole nitrogens is 1. The van der Waals surface area contributed by atoms with E-state index in [0.29, 0.717) is 0 Å². The average Bonchev–Trinajstić information content (AvgIpc) is 2.81. The molecule has 7 heteroatoms. The smallest absolute Gasteiger partial charge is 0.146 e. The average molecular weight is 311 g/mol. The summed E-state index contributed by atoms with van der Waals surface area (Å²) in [7, 11) is 0. The molecular weight excluding hydrogens is 296 g/mol. The van der Waals surface area contributed by atoms with Crippen molar-refractivity contribution in [3.8, 4) is 0 Å². The monoisotopic (exact) mass is 310 g/mol. The predicted molar refractivity (Wildman–Crippen MR) is 72.1 cm³/mol. The van der Waals surface area contributed by atoms with Crippen molar-refractivity contribution in [2.75, 3.05) is 5.32 Å². The molecule has 0 saturated heterocycles. The van der Waals surface area contributed by atoms with Gasteiger partial charge in [-0.1, -0.05) is 6.92 Å². The molecular formula is C11H15BrN6. The van der Waals surface area contributed by atoms with E-state index >= 15 is 0 Å². The molecule has 0 aliphatic carbocycles.